The van der Waals surface area contributed by atoms with Crippen LogP contribution in [0, 0.1) is 6.92 Å². The third kappa shape index (κ3) is 5.25. The quantitative estimate of drug-likeness (QED) is 0.419. The normalized spacial score (nSPS) is 20.6. The topological polar surface area (TPSA) is 62.2 Å². The number of nitrogens with one attached hydrogen (secondary N) is 2. The zero-order valence-corrected chi connectivity index (χ0v) is 21.0. The summed E-state index contributed by atoms with van der Waals surface area (Å²) in [7, 11) is 0. The van der Waals surface area contributed by atoms with Crippen molar-refractivity contribution >= 4 is 28.9 Å². The lowest BCUT2D eigenvalue weighted by molar-refractivity contribution is -0.116. The second-order valence-corrected chi connectivity index (χ2v) is 10.0. The molecule has 182 valence electrons. The molecule has 6 nitrogen and oxygen atoms in total. The maximum absolute atomic E-state index is 12.8. The Kier molecular flexibility index (Phi) is 7.13. The highest BCUT2D eigenvalue weighted by Gasteiger charge is 2.40. The second kappa shape index (κ2) is 10.6. The summed E-state index contributed by atoms with van der Waals surface area (Å²) in [5, 5.41) is 7.21. The van der Waals surface area contributed by atoms with E-state index in [9.17, 15) is 4.79 Å². The smallest absolute Gasteiger partial charge is 0.226 e. The Labute approximate surface area is 212 Å². The maximum atomic E-state index is 12.8. The monoisotopic (exact) mass is 487 g/mol. The van der Waals surface area contributed by atoms with E-state index >= 15 is 0 Å². The van der Waals surface area contributed by atoms with Gasteiger partial charge in [-0.25, -0.2) is 0 Å². The first-order chi connectivity index (χ1) is 17.1. The summed E-state index contributed by atoms with van der Waals surface area (Å²) in [5.41, 5.74) is 4.07. The van der Waals surface area contributed by atoms with Crippen molar-refractivity contribution in [2.24, 2.45) is 0 Å². The third-order valence-electron chi connectivity index (χ3n) is 7.27. The van der Waals surface area contributed by atoms with Gasteiger partial charge < -0.3 is 20.1 Å². The molecule has 1 saturated heterocycles. The van der Waals surface area contributed by atoms with Gasteiger partial charge in [-0.15, -0.1) is 0 Å². The fraction of sp³-hybridized carbons (Fsp3) is 0.393. The molecule has 2 N–H and O–H groups in total. The lowest BCUT2D eigenvalue weighted by Gasteiger charge is -2.27. The maximum Gasteiger partial charge on any atom is 0.226 e. The first-order valence-corrected chi connectivity index (χ1v) is 13.0. The zero-order chi connectivity index (χ0) is 24.2. The summed E-state index contributed by atoms with van der Waals surface area (Å²) >= 11 is 5.78. The molecule has 1 aromatic carbocycles. The van der Waals surface area contributed by atoms with Crippen LogP contribution in [0.5, 0.6) is 0 Å². The van der Waals surface area contributed by atoms with E-state index < -0.39 is 0 Å². The van der Waals surface area contributed by atoms with E-state index in [1.165, 1.54) is 37.7 Å². The number of pyridine rings is 1. The molecule has 1 aliphatic heterocycles. The highest BCUT2D eigenvalue weighted by atomic mass is 32.1. The number of carbonyl (C=O) groups excluding carboxylic acids is 1. The first-order valence-electron chi connectivity index (χ1n) is 12.6. The average Bonchev–Trinajstić information content (AvgIpc) is 3.50. The van der Waals surface area contributed by atoms with Crippen LogP contribution in [0.4, 0.5) is 5.69 Å². The number of anilines is 1. The molecule has 2 aromatic heterocycles. The van der Waals surface area contributed by atoms with E-state index in [1.807, 2.05) is 55.6 Å². The molecule has 0 bridgehead atoms. The summed E-state index contributed by atoms with van der Waals surface area (Å²) in [4.78, 5) is 19.6. The van der Waals surface area contributed by atoms with Gasteiger partial charge in [0, 0.05) is 43.3 Å². The summed E-state index contributed by atoms with van der Waals surface area (Å²) in [6.45, 7) is 2.53. The predicted octanol–water partition coefficient (Wildman–Crippen LogP) is 5.70. The van der Waals surface area contributed by atoms with Crippen molar-refractivity contribution in [1.82, 2.24) is 19.8 Å². The van der Waals surface area contributed by atoms with Gasteiger partial charge in [-0.2, -0.15) is 0 Å². The van der Waals surface area contributed by atoms with Gasteiger partial charge in [0.05, 0.1) is 17.8 Å². The number of hydrogen-bond acceptors (Lipinski definition) is 3. The largest absolute Gasteiger partial charge is 0.352 e. The van der Waals surface area contributed by atoms with Crippen LogP contribution in [0.15, 0.2) is 67.1 Å². The first kappa shape index (κ1) is 23.5. The summed E-state index contributed by atoms with van der Waals surface area (Å²) in [5.74, 6) is -0.0121. The number of rotatable bonds is 7. The van der Waals surface area contributed by atoms with Crippen molar-refractivity contribution in [3.05, 3.63) is 83.9 Å². The third-order valence-corrected chi connectivity index (χ3v) is 7.62. The Morgan fingerprint density at radius 1 is 1.11 bits per heavy atom. The molecule has 1 aliphatic carbocycles. The van der Waals surface area contributed by atoms with E-state index in [0.29, 0.717) is 24.1 Å². The number of para-hydroxylation sites is 1. The van der Waals surface area contributed by atoms with Crippen molar-refractivity contribution < 1.29 is 4.79 Å². The fourth-order valence-corrected chi connectivity index (χ4v) is 5.70. The van der Waals surface area contributed by atoms with Gasteiger partial charge in [0.25, 0.3) is 0 Å². The van der Waals surface area contributed by atoms with Crippen molar-refractivity contribution in [2.45, 2.75) is 63.6 Å². The number of nitrogens with zero attached hydrogens (tertiary/aromatic N) is 3. The van der Waals surface area contributed by atoms with Crippen molar-refractivity contribution in [3.8, 4) is 0 Å². The summed E-state index contributed by atoms with van der Waals surface area (Å²) in [6.07, 6.45) is 13.1. The number of amides is 1. The molecule has 1 amide bonds. The average molecular weight is 488 g/mol. The SMILES string of the molecule is Cc1ccccc1NC(=O)CCN1C(=S)NC(c2ccccn2)C1c1ccn(C2CCCCC2)c1. The van der Waals surface area contributed by atoms with Crippen LogP contribution < -0.4 is 10.6 Å². The van der Waals surface area contributed by atoms with Gasteiger partial charge >= 0.3 is 0 Å². The molecule has 2 unspecified atom stereocenters. The molecule has 2 atom stereocenters. The van der Waals surface area contributed by atoms with Crippen LogP contribution in [-0.4, -0.2) is 32.0 Å². The van der Waals surface area contributed by atoms with Crippen LogP contribution in [0.25, 0.3) is 0 Å². The van der Waals surface area contributed by atoms with Crippen molar-refractivity contribution in [2.75, 3.05) is 11.9 Å². The number of carbonyl (C=O) groups is 1. The summed E-state index contributed by atoms with van der Waals surface area (Å²) < 4.78 is 2.38. The molecule has 7 heteroatoms. The highest BCUT2D eigenvalue weighted by Crippen LogP contribution is 2.39. The molecule has 5 rings (SSSR count). The Bertz CT molecular complexity index is 1170. The molecular formula is C28H33N5OS. The Balaban J connectivity index is 1.36. The van der Waals surface area contributed by atoms with Gasteiger partial charge in [0.15, 0.2) is 5.11 Å². The van der Waals surface area contributed by atoms with Crippen LogP contribution in [0.2, 0.25) is 0 Å². The molecule has 3 heterocycles. The second-order valence-electron chi connectivity index (χ2n) is 9.62. The molecule has 2 aliphatic rings. The van der Waals surface area contributed by atoms with E-state index in [1.54, 1.807) is 0 Å². The van der Waals surface area contributed by atoms with E-state index in [-0.39, 0.29) is 18.0 Å². The Morgan fingerprint density at radius 3 is 2.69 bits per heavy atom. The van der Waals surface area contributed by atoms with Gasteiger partial charge in [0.2, 0.25) is 5.91 Å². The van der Waals surface area contributed by atoms with Crippen molar-refractivity contribution in [3.63, 3.8) is 0 Å². The molecule has 2 fully saturated rings. The number of aromatic nitrogens is 2. The Hall–Kier alpha value is -3.19. The number of aryl methyl sites for hydroxylation is 1. The summed E-state index contributed by atoms with van der Waals surface area (Å²) in [6, 6.07) is 16.5. The minimum atomic E-state index is -0.0645. The minimum Gasteiger partial charge on any atom is -0.352 e. The standard InChI is InChI=1S/C28H33N5OS/c1-20-9-5-6-12-23(20)30-25(34)15-18-33-27(26(31-28(33)35)24-13-7-8-16-29-24)21-14-17-32(19-21)22-10-3-2-4-11-22/h5-9,12-14,16-17,19,22,26-27H,2-4,10-11,15,18H2,1H3,(H,30,34)(H,31,35). The number of hydrogen-bond donors (Lipinski definition) is 2. The number of thiocarbonyl (C=S) groups is 1. The lowest BCUT2D eigenvalue weighted by atomic mass is 9.95. The van der Waals surface area contributed by atoms with Gasteiger partial charge in [-0.3, -0.25) is 9.78 Å². The van der Waals surface area contributed by atoms with Crippen LogP contribution >= 0.6 is 12.2 Å². The number of benzene rings is 1. The fourth-order valence-electron chi connectivity index (χ4n) is 5.37. The zero-order valence-electron chi connectivity index (χ0n) is 20.2. The van der Waals surface area contributed by atoms with E-state index in [2.05, 4.69) is 43.5 Å². The van der Waals surface area contributed by atoms with Gasteiger partial charge in [-0.1, -0.05) is 43.5 Å². The molecular weight excluding hydrogens is 454 g/mol. The molecule has 0 spiro atoms. The molecule has 0 radical (unpaired) electrons. The van der Waals surface area contributed by atoms with Crippen LogP contribution in [0.3, 0.4) is 0 Å². The van der Waals surface area contributed by atoms with Crippen LogP contribution in [-0.2, 0) is 4.79 Å². The Morgan fingerprint density at radius 2 is 1.91 bits per heavy atom. The van der Waals surface area contributed by atoms with Gasteiger partial charge in [0.1, 0.15) is 0 Å². The minimum absolute atomic E-state index is 0.0121. The molecule has 35 heavy (non-hydrogen) atoms. The lowest BCUT2D eigenvalue weighted by Crippen LogP contribution is -2.32. The molecule has 1 saturated carbocycles. The van der Waals surface area contributed by atoms with E-state index in [4.69, 9.17) is 12.2 Å². The van der Waals surface area contributed by atoms with E-state index in [0.717, 1.165) is 16.9 Å². The van der Waals surface area contributed by atoms with Gasteiger partial charge in [-0.05, 0) is 67.4 Å². The molecule has 3 aromatic rings. The predicted molar refractivity (Wildman–Crippen MR) is 143 cm³/mol. The van der Waals surface area contributed by atoms with Crippen LogP contribution in [0.1, 0.15) is 73.5 Å². The van der Waals surface area contributed by atoms with Crippen molar-refractivity contribution in [1.29, 1.82) is 0 Å². The highest BCUT2D eigenvalue weighted by molar-refractivity contribution is 7.80.